The summed E-state index contributed by atoms with van der Waals surface area (Å²) in [6, 6.07) is 5.76. The number of rotatable bonds is 4. The van der Waals surface area contributed by atoms with Crippen LogP contribution in [0, 0.1) is 11.3 Å². The predicted octanol–water partition coefficient (Wildman–Crippen LogP) is 1.84. The summed E-state index contributed by atoms with van der Waals surface area (Å²) in [6.45, 7) is 0. The molecule has 0 aliphatic rings. The molecule has 1 heterocycles. The van der Waals surface area contributed by atoms with Crippen LogP contribution in [0.5, 0.6) is 5.75 Å². The molecule has 0 fully saturated rings. The fourth-order valence-electron chi connectivity index (χ4n) is 1.75. The summed E-state index contributed by atoms with van der Waals surface area (Å²) in [5.74, 6) is -3.63. The summed E-state index contributed by atoms with van der Waals surface area (Å²) >= 11 is 0. The van der Waals surface area contributed by atoms with Crippen LogP contribution in [0.15, 0.2) is 33.8 Å². The van der Waals surface area contributed by atoms with Crippen LogP contribution in [0.2, 0.25) is 0 Å². The van der Waals surface area contributed by atoms with Gasteiger partial charge in [-0.25, -0.2) is 8.42 Å². The van der Waals surface area contributed by atoms with Crippen molar-refractivity contribution >= 4 is 21.8 Å². The maximum absolute atomic E-state index is 12.3. The number of anilines is 1. The summed E-state index contributed by atoms with van der Waals surface area (Å²) in [6.07, 6.45) is -5.06. The number of nitrogens with one attached hydrogen (secondary N) is 1. The first-order valence-electron chi connectivity index (χ1n) is 6.33. The average Bonchev–Trinajstić information content (AvgIpc) is 2.89. The number of aromatic nitrogens is 1. The molecule has 1 aromatic heterocycles. The summed E-state index contributed by atoms with van der Waals surface area (Å²) in [5.41, 5.74) is -1.16. The van der Waals surface area contributed by atoms with Crippen LogP contribution in [-0.2, 0) is 9.84 Å². The number of oxazole rings is 1. The molecule has 1 amide bonds. The highest BCUT2D eigenvalue weighted by atomic mass is 32.2. The third kappa shape index (κ3) is 4.27. The van der Waals surface area contributed by atoms with Crippen LogP contribution < -0.4 is 5.32 Å². The van der Waals surface area contributed by atoms with E-state index >= 15 is 0 Å². The Hall–Kier alpha value is -3.07. The highest BCUT2D eigenvalue weighted by Gasteiger charge is 2.40. The maximum Gasteiger partial charge on any atom is 0.403 e. The number of carbonyl (C=O) groups is 1. The van der Waals surface area contributed by atoms with E-state index in [9.17, 15) is 31.5 Å². The lowest BCUT2D eigenvalue weighted by molar-refractivity contribution is -0.106. The van der Waals surface area contributed by atoms with E-state index < -0.39 is 50.2 Å². The number of hydrogen-bond donors (Lipinski definition) is 2. The summed E-state index contributed by atoms with van der Waals surface area (Å²) < 4.78 is 65.0. The van der Waals surface area contributed by atoms with Crippen molar-refractivity contribution in [2.45, 2.75) is 11.3 Å². The zero-order valence-corrected chi connectivity index (χ0v) is 12.8. The Morgan fingerprint density at radius 1 is 1.36 bits per heavy atom. The predicted molar refractivity (Wildman–Crippen MR) is 75.4 cm³/mol. The number of benzene rings is 1. The van der Waals surface area contributed by atoms with E-state index in [2.05, 4.69) is 9.40 Å². The number of nitriles is 1. The van der Waals surface area contributed by atoms with Crippen molar-refractivity contribution in [2.75, 3.05) is 11.1 Å². The standard InChI is InChI=1S/C13H8F3N3O5S/c14-13(15,16)6-25(22,23)11-8(5-17)18-12(24-11)19-10(21)7-3-1-2-4-9(7)20/h1-4,20H,6H2,(H,18,19,21). The minimum atomic E-state index is -5.06. The molecule has 0 saturated carbocycles. The van der Waals surface area contributed by atoms with Gasteiger partial charge in [0.15, 0.2) is 5.75 Å². The number of nitrogens with zero attached hydrogens (tertiary/aromatic N) is 2. The van der Waals surface area contributed by atoms with E-state index in [0.717, 1.165) is 0 Å². The van der Waals surface area contributed by atoms with Crippen LogP contribution in [0.1, 0.15) is 16.1 Å². The molecule has 0 unspecified atom stereocenters. The van der Waals surface area contributed by atoms with Crippen molar-refractivity contribution in [3.05, 3.63) is 35.5 Å². The van der Waals surface area contributed by atoms with Crippen LogP contribution in [0.4, 0.5) is 19.2 Å². The molecular formula is C13H8F3N3O5S. The Balaban J connectivity index is 2.34. The smallest absolute Gasteiger partial charge is 0.403 e. The first kappa shape index (κ1) is 18.3. The molecule has 8 nitrogen and oxygen atoms in total. The average molecular weight is 375 g/mol. The van der Waals surface area contributed by atoms with Crippen molar-refractivity contribution in [3.63, 3.8) is 0 Å². The molecule has 0 spiro atoms. The number of alkyl halides is 3. The van der Waals surface area contributed by atoms with E-state index in [1.807, 2.05) is 5.32 Å². The number of sulfone groups is 1. The number of hydrogen-bond acceptors (Lipinski definition) is 7. The molecule has 0 atom stereocenters. The van der Waals surface area contributed by atoms with Gasteiger partial charge < -0.3 is 9.52 Å². The van der Waals surface area contributed by atoms with Crippen molar-refractivity contribution in [1.29, 1.82) is 5.26 Å². The first-order chi connectivity index (χ1) is 11.5. The third-order valence-electron chi connectivity index (χ3n) is 2.71. The Morgan fingerprint density at radius 2 is 2.00 bits per heavy atom. The lowest BCUT2D eigenvalue weighted by Crippen LogP contribution is -2.23. The molecule has 0 radical (unpaired) electrons. The second-order valence-corrected chi connectivity index (χ2v) is 6.50. The minimum Gasteiger partial charge on any atom is -0.507 e. The van der Waals surface area contributed by atoms with Gasteiger partial charge in [0.25, 0.3) is 11.0 Å². The van der Waals surface area contributed by atoms with Crippen molar-refractivity contribution in [1.82, 2.24) is 4.98 Å². The van der Waals surface area contributed by atoms with Gasteiger partial charge in [0.05, 0.1) is 5.56 Å². The molecule has 132 valence electrons. The Bertz CT molecular complexity index is 960. The van der Waals surface area contributed by atoms with Crippen LogP contribution in [0.25, 0.3) is 0 Å². The van der Waals surface area contributed by atoms with Gasteiger partial charge in [-0.3, -0.25) is 10.1 Å². The number of amides is 1. The second kappa shape index (κ2) is 6.44. The largest absolute Gasteiger partial charge is 0.507 e. The molecule has 0 saturated heterocycles. The highest BCUT2D eigenvalue weighted by Crippen LogP contribution is 2.27. The fraction of sp³-hybridized carbons (Fsp3) is 0.154. The normalized spacial score (nSPS) is 11.8. The highest BCUT2D eigenvalue weighted by molar-refractivity contribution is 7.91. The van der Waals surface area contributed by atoms with Crippen molar-refractivity contribution in [2.24, 2.45) is 0 Å². The van der Waals surface area contributed by atoms with E-state index in [0.29, 0.717) is 0 Å². The van der Waals surface area contributed by atoms with Gasteiger partial charge >= 0.3 is 12.2 Å². The molecule has 2 N–H and O–H groups in total. The number of halogens is 3. The van der Waals surface area contributed by atoms with Gasteiger partial charge in [0.2, 0.25) is 15.5 Å². The second-order valence-electron chi connectivity index (χ2n) is 4.61. The molecule has 12 heteroatoms. The van der Waals surface area contributed by atoms with E-state index in [4.69, 9.17) is 5.26 Å². The summed E-state index contributed by atoms with van der Waals surface area (Å²) in [4.78, 5) is 15.3. The molecule has 0 aliphatic heterocycles. The number of aromatic hydroxyl groups is 1. The minimum absolute atomic E-state index is 0.223. The van der Waals surface area contributed by atoms with Crippen molar-refractivity contribution in [3.8, 4) is 11.8 Å². The van der Waals surface area contributed by atoms with Crippen LogP contribution in [-0.4, -0.2) is 36.3 Å². The SMILES string of the molecule is N#Cc1nc(NC(=O)c2ccccc2O)oc1S(=O)(=O)CC(F)(F)F. The molecule has 1 aromatic carbocycles. The molecular weight excluding hydrogens is 367 g/mol. The Morgan fingerprint density at radius 3 is 2.56 bits per heavy atom. The number of phenolic OH excluding ortho intramolecular Hbond substituents is 1. The van der Waals surface area contributed by atoms with Gasteiger partial charge in [-0.2, -0.15) is 23.4 Å². The quantitative estimate of drug-likeness (QED) is 0.833. The van der Waals surface area contributed by atoms with E-state index in [1.165, 1.54) is 30.3 Å². The summed E-state index contributed by atoms with van der Waals surface area (Å²) in [7, 11) is -5.03. The lowest BCUT2D eigenvalue weighted by atomic mass is 10.2. The Labute approximate surface area is 138 Å². The molecule has 0 aliphatic carbocycles. The number of para-hydroxylation sites is 1. The van der Waals surface area contributed by atoms with Crippen LogP contribution in [0.3, 0.4) is 0 Å². The monoisotopic (exact) mass is 375 g/mol. The Kier molecular flexibility index (Phi) is 4.71. The molecule has 25 heavy (non-hydrogen) atoms. The van der Waals surface area contributed by atoms with E-state index in [1.54, 1.807) is 0 Å². The fourth-order valence-corrected chi connectivity index (χ4v) is 2.91. The van der Waals surface area contributed by atoms with E-state index in [-0.39, 0.29) is 5.56 Å². The zero-order chi connectivity index (χ0) is 18.8. The van der Waals surface area contributed by atoms with Crippen LogP contribution >= 0.6 is 0 Å². The first-order valence-corrected chi connectivity index (χ1v) is 7.98. The van der Waals surface area contributed by atoms with Gasteiger partial charge in [0.1, 0.15) is 11.8 Å². The number of carbonyl (C=O) groups excluding carboxylic acids is 1. The van der Waals surface area contributed by atoms with Gasteiger partial charge in [-0.1, -0.05) is 12.1 Å². The number of phenols is 1. The molecule has 0 bridgehead atoms. The van der Waals surface area contributed by atoms with Gasteiger partial charge in [0, 0.05) is 0 Å². The van der Waals surface area contributed by atoms with Gasteiger partial charge in [-0.15, -0.1) is 0 Å². The summed E-state index contributed by atoms with van der Waals surface area (Å²) in [5, 5.41) is 19.0. The molecule has 2 aromatic rings. The lowest BCUT2D eigenvalue weighted by Gasteiger charge is -2.05. The van der Waals surface area contributed by atoms with Gasteiger partial charge in [-0.05, 0) is 12.1 Å². The zero-order valence-electron chi connectivity index (χ0n) is 12.0. The topological polar surface area (TPSA) is 133 Å². The molecule has 2 rings (SSSR count). The maximum atomic E-state index is 12.3. The van der Waals surface area contributed by atoms with Crippen molar-refractivity contribution < 1.29 is 35.9 Å². The third-order valence-corrected chi connectivity index (χ3v) is 4.26.